The largest absolute Gasteiger partial charge is 0.206 e. The highest BCUT2D eigenvalue weighted by molar-refractivity contribution is 5.33. The summed E-state index contributed by atoms with van der Waals surface area (Å²) in [6, 6.07) is 6.93. The fraction of sp³-hybridized carbons (Fsp3) is 0.667. The summed E-state index contributed by atoms with van der Waals surface area (Å²) in [4.78, 5) is 0. The highest BCUT2D eigenvalue weighted by Crippen LogP contribution is 2.34. The number of halogens is 1. The summed E-state index contributed by atoms with van der Waals surface area (Å²) in [7, 11) is 0. The molecule has 1 fully saturated rings. The zero-order valence-electron chi connectivity index (χ0n) is 14.5. The van der Waals surface area contributed by atoms with E-state index in [2.05, 4.69) is 6.92 Å². The van der Waals surface area contributed by atoms with Gasteiger partial charge in [-0.1, -0.05) is 70.8 Å². The number of nitrogens with zero attached hydrogens (tertiary/aromatic N) is 1. The molecule has 0 N–H and O–H groups in total. The first-order chi connectivity index (χ1) is 11.2. The number of rotatable bonds is 8. The quantitative estimate of drug-likeness (QED) is 0.509. The van der Waals surface area contributed by atoms with E-state index in [1.165, 1.54) is 63.9 Å². The predicted octanol–water partition coefficient (Wildman–Crippen LogP) is 6.41. The van der Waals surface area contributed by atoms with Crippen molar-refractivity contribution in [2.45, 2.75) is 77.6 Å². The van der Waals surface area contributed by atoms with Crippen LogP contribution in [0.2, 0.25) is 0 Å². The van der Waals surface area contributed by atoms with Crippen LogP contribution in [-0.2, 0) is 6.42 Å². The first-order valence-corrected chi connectivity index (χ1v) is 9.41. The van der Waals surface area contributed by atoms with Gasteiger partial charge in [0, 0.05) is 0 Å². The molecule has 1 aliphatic carbocycles. The zero-order chi connectivity index (χ0) is 16.5. The minimum atomic E-state index is -0.374. The van der Waals surface area contributed by atoms with E-state index in [0.29, 0.717) is 0 Å². The lowest BCUT2D eigenvalue weighted by atomic mass is 9.77. The highest BCUT2D eigenvalue weighted by Gasteiger charge is 2.20. The molecule has 1 saturated carbocycles. The summed E-state index contributed by atoms with van der Waals surface area (Å²) >= 11 is 0. The number of unbranched alkanes of at least 4 members (excludes halogenated alkanes) is 3. The minimum absolute atomic E-state index is 0.150. The molecule has 0 bridgehead atoms. The Balaban J connectivity index is 1.66. The van der Waals surface area contributed by atoms with Crippen molar-refractivity contribution < 1.29 is 4.39 Å². The maximum atomic E-state index is 13.6. The van der Waals surface area contributed by atoms with Crippen molar-refractivity contribution in [3.63, 3.8) is 0 Å². The number of hydrogen-bond acceptors (Lipinski definition) is 1. The van der Waals surface area contributed by atoms with E-state index >= 15 is 0 Å². The van der Waals surface area contributed by atoms with Gasteiger partial charge in [-0.2, -0.15) is 5.26 Å². The maximum absolute atomic E-state index is 13.6. The first-order valence-electron chi connectivity index (χ1n) is 9.41. The van der Waals surface area contributed by atoms with Gasteiger partial charge in [0.1, 0.15) is 11.9 Å². The Hall–Kier alpha value is -1.36. The molecule has 126 valence electrons. The Kier molecular flexibility index (Phi) is 7.59. The standard InChI is InChI=1S/C21H30FN/c1-2-3-4-5-6-17-7-9-18(10-8-17)11-12-19-13-14-20(16-23)21(22)15-19/h13-15,17-18H,2-12H2,1H3. The second-order valence-corrected chi connectivity index (χ2v) is 7.20. The molecule has 0 aromatic heterocycles. The van der Waals surface area contributed by atoms with Crippen LogP contribution in [-0.4, -0.2) is 0 Å². The molecule has 1 aromatic rings. The van der Waals surface area contributed by atoms with Gasteiger partial charge in [0.15, 0.2) is 0 Å². The van der Waals surface area contributed by atoms with Gasteiger partial charge in [-0.05, 0) is 42.4 Å². The highest BCUT2D eigenvalue weighted by atomic mass is 19.1. The van der Waals surface area contributed by atoms with Crippen LogP contribution in [0.25, 0.3) is 0 Å². The molecule has 0 aliphatic heterocycles. The fourth-order valence-corrected chi connectivity index (χ4v) is 3.84. The van der Waals surface area contributed by atoms with E-state index in [1.54, 1.807) is 6.07 Å². The molecule has 0 radical (unpaired) electrons. The summed E-state index contributed by atoms with van der Waals surface area (Å²) in [6.07, 6.45) is 14.5. The second kappa shape index (κ2) is 9.71. The number of benzene rings is 1. The molecular weight excluding hydrogens is 285 g/mol. The Morgan fingerprint density at radius 3 is 2.35 bits per heavy atom. The van der Waals surface area contributed by atoms with Crippen molar-refractivity contribution in [1.82, 2.24) is 0 Å². The summed E-state index contributed by atoms with van der Waals surface area (Å²) in [5.41, 5.74) is 1.18. The minimum Gasteiger partial charge on any atom is -0.206 e. The van der Waals surface area contributed by atoms with Crippen LogP contribution < -0.4 is 0 Å². The van der Waals surface area contributed by atoms with E-state index in [0.717, 1.165) is 30.2 Å². The first kappa shape index (κ1) is 18.0. The third kappa shape index (κ3) is 5.98. The lowest BCUT2D eigenvalue weighted by Gasteiger charge is -2.28. The molecule has 2 heteroatoms. The molecule has 0 amide bonds. The molecule has 1 aromatic carbocycles. The number of nitriles is 1. The molecule has 0 spiro atoms. The average Bonchev–Trinajstić information content (AvgIpc) is 2.58. The average molecular weight is 315 g/mol. The molecule has 23 heavy (non-hydrogen) atoms. The van der Waals surface area contributed by atoms with E-state index in [1.807, 2.05) is 12.1 Å². The van der Waals surface area contributed by atoms with Crippen molar-refractivity contribution >= 4 is 0 Å². The van der Waals surface area contributed by atoms with Crippen LogP contribution in [0, 0.1) is 29.0 Å². The number of hydrogen-bond donors (Lipinski definition) is 0. The molecule has 0 heterocycles. The van der Waals surface area contributed by atoms with Crippen LogP contribution in [0.4, 0.5) is 4.39 Å². The van der Waals surface area contributed by atoms with Gasteiger partial charge in [-0.15, -0.1) is 0 Å². The fourth-order valence-electron chi connectivity index (χ4n) is 3.84. The predicted molar refractivity (Wildman–Crippen MR) is 93.6 cm³/mol. The maximum Gasteiger partial charge on any atom is 0.141 e. The lowest BCUT2D eigenvalue weighted by molar-refractivity contribution is 0.249. The Morgan fingerprint density at radius 2 is 1.74 bits per heavy atom. The summed E-state index contributed by atoms with van der Waals surface area (Å²) in [5, 5.41) is 8.77. The summed E-state index contributed by atoms with van der Waals surface area (Å²) < 4.78 is 13.6. The summed E-state index contributed by atoms with van der Waals surface area (Å²) in [6.45, 7) is 2.27. The van der Waals surface area contributed by atoms with E-state index in [4.69, 9.17) is 5.26 Å². The van der Waals surface area contributed by atoms with E-state index in [-0.39, 0.29) is 11.4 Å². The van der Waals surface area contributed by atoms with Crippen molar-refractivity contribution in [3.8, 4) is 6.07 Å². The van der Waals surface area contributed by atoms with Crippen LogP contribution in [0.15, 0.2) is 18.2 Å². The summed E-state index contributed by atoms with van der Waals surface area (Å²) in [5.74, 6) is 1.39. The topological polar surface area (TPSA) is 23.8 Å². The van der Waals surface area contributed by atoms with Crippen molar-refractivity contribution in [3.05, 3.63) is 35.1 Å². The van der Waals surface area contributed by atoms with Crippen LogP contribution in [0.3, 0.4) is 0 Å². The Labute approximate surface area is 140 Å². The molecule has 0 saturated heterocycles. The second-order valence-electron chi connectivity index (χ2n) is 7.20. The van der Waals surface area contributed by atoms with Gasteiger partial charge >= 0.3 is 0 Å². The zero-order valence-corrected chi connectivity index (χ0v) is 14.5. The van der Waals surface area contributed by atoms with Gasteiger partial charge in [-0.25, -0.2) is 4.39 Å². The monoisotopic (exact) mass is 315 g/mol. The van der Waals surface area contributed by atoms with Gasteiger partial charge in [0.2, 0.25) is 0 Å². The van der Waals surface area contributed by atoms with Crippen LogP contribution >= 0.6 is 0 Å². The Bertz CT molecular complexity index is 509. The van der Waals surface area contributed by atoms with Gasteiger partial charge in [0.05, 0.1) is 5.56 Å². The van der Waals surface area contributed by atoms with Crippen molar-refractivity contribution in [1.29, 1.82) is 5.26 Å². The third-order valence-electron chi connectivity index (χ3n) is 5.43. The normalized spacial score (nSPS) is 21.1. The molecule has 1 nitrogen and oxygen atoms in total. The van der Waals surface area contributed by atoms with E-state index < -0.39 is 0 Å². The molecule has 0 unspecified atom stereocenters. The third-order valence-corrected chi connectivity index (χ3v) is 5.43. The number of aryl methyl sites for hydroxylation is 1. The lowest BCUT2D eigenvalue weighted by Crippen LogP contribution is -2.15. The smallest absolute Gasteiger partial charge is 0.141 e. The molecular formula is C21H30FN. The molecule has 2 rings (SSSR count). The van der Waals surface area contributed by atoms with Crippen molar-refractivity contribution in [2.75, 3.05) is 0 Å². The van der Waals surface area contributed by atoms with Crippen LogP contribution in [0.5, 0.6) is 0 Å². The van der Waals surface area contributed by atoms with Crippen LogP contribution in [0.1, 0.15) is 82.3 Å². The van der Waals surface area contributed by atoms with Gasteiger partial charge in [0.25, 0.3) is 0 Å². The Morgan fingerprint density at radius 1 is 1.04 bits per heavy atom. The molecule has 0 atom stereocenters. The van der Waals surface area contributed by atoms with Crippen molar-refractivity contribution in [2.24, 2.45) is 11.8 Å². The molecule has 1 aliphatic rings. The van der Waals surface area contributed by atoms with Gasteiger partial charge in [-0.3, -0.25) is 0 Å². The van der Waals surface area contributed by atoms with E-state index in [9.17, 15) is 4.39 Å². The van der Waals surface area contributed by atoms with Gasteiger partial charge < -0.3 is 0 Å². The SMILES string of the molecule is CCCCCCC1CCC(CCc2ccc(C#N)c(F)c2)CC1.